The van der Waals surface area contributed by atoms with Crippen molar-refractivity contribution in [3.05, 3.63) is 47.3 Å². The molecule has 5 nitrogen and oxygen atoms in total. The standard InChI is InChI=1S/C22H29N3O2/c1-16-14-21(17(2)25(16)19-4-5-19)22(26)15-23-10-12-24(13-11-23)18-6-8-20(27-3)9-7-18/h6-9,14,19H,4-5,10-13,15H2,1-3H3. The van der Waals surface area contributed by atoms with Crippen molar-refractivity contribution in [1.82, 2.24) is 9.47 Å². The van der Waals surface area contributed by atoms with Crippen molar-refractivity contribution in [2.45, 2.75) is 32.7 Å². The minimum atomic E-state index is 0.257. The van der Waals surface area contributed by atoms with E-state index in [1.54, 1.807) is 7.11 Å². The van der Waals surface area contributed by atoms with Crippen LogP contribution in [-0.2, 0) is 0 Å². The van der Waals surface area contributed by atoms with Crippen LogP contribution >= 0.6 is 0 Å². The predicted molar refractivity (Wildman–Crippen MR) is 108 cm³/mol. The third kappa shape index (κ3) is 3.74. The zero-order valence-electron chi connectivity index (χ0n) is 16.6. The van der Waals surface area contributed by atoms with Crippen LogP contribution in [-0.4, -0.2) is 55.1 Å². The summed E-state index contributed by atoms with van der Waals surface area (Å²) in [4.78, 5) is 17.5. The maximum atomic E-state index is 12.9. The van der Waals surface area contributed by atoms with E-state index in [2.05, 4.69) is 46.4 Å². The van der Waals surface area contributed by atoms with Gasteiger partial charge in [-0.2, -0.15) is 0 Å². The Morgan fingerprint density at radius 3 is 2.33 bits per heavy atom. The first-order valence-corrected chi connectivity index (χ1v) is 9.90. The second-order valence-electron chi connectivity index (χ2n) is 7.77. The molecule has 144 valence electrons. The van der Waals surface area contributed by atoms with Gasteiger partial charge in [0.15, 0.2) is 5.78 Å². The first-order chi connectivity index (χ1) is 13.1. The second-order valence-corrected chi connectivity index (χ2v) is 7.77. The van der Waals surface area contributed by atoms with Crippen LogP contribution in [0.25, 0.3) is 0 Å². The molecular formula is C22H29N3O2. The van der Waals surface area contributed by atoms with E-state index >= 15 is 0 Å². The largest absolute Gasteiger partial charge is 0.497 e. The van der Waals surface area contributed by atoms with Crippen LogP contribution in [0.3, 0.4) is 0 Å². The lowest BCUT2D eigenvalue weighted by Gasteiger charge is -2.35. The molecule has 2 fully saturated rings. The molecule has 1 aliphatic carbocycles. The minimum Gasteiger partial charge on any atom is -0.497 e. The molecule has 1 aromatic carbocycles. The summed E-state index contributed by atoms with van der Waals surface area (Å²) >= 11 is 0. The normalized spacial score (nSPS) is 18.0. The molecule has 27 heavy (non-hydrogen) atoms. The molecule has 2 aromatic rings. The van der Waals surface area contributed by atoms with Crippen molar-refractivity contribution in [3.63, 3.8) is 0 Å². The van der Waals surface area contributed by atoms with Crippen LogP contribution in [0.15, 0.2) is 30.3 Å². The van der Waals surface area contributed by atoms with Gasteiger partial charge in [-0.15, -0.1) is 0 Å². The van der Waals surface area contributed by atoms with E-state index in [1.165, 1.54) is 24.2 Å². The van der Waals surface area contributed by atoms with Crippen molar-refractivity contribution < 1.29 is 9.53 Å². The Hall–Kier alpha value is -2.27. The second kappa shape index (κ2) is 7.39. The molecule has 1 saturated carbocycles. The molecule has 0 spiro atoms. The molecule has 4 rings (SSSR count). The number of methoxy groups -OCH3 is 1. The number of carbonyl (C=O) groups excluding carboxylic acids is 1. The topological polar surface area (TPSA) is 37.7 Å². The number of piperazine rings is 1. The highest BCUT2D eigenvalue weighted by molar-refractivity contribution is 5.99. The Kier molecular flexibility index (Phi) is 4.96. The number of nitrogens with zero attached hydrogens (tertiary/aromatic N) is 3. The molecule has 0 N–H and O–H groups in total. The fourth-order valence-electron chi connectivity index (χ4n) is 4.20. The third-order valence-electron chi connectivity index (χ3n) is 5.87. The Bertz CT molecular complexity index is 813. The summed E-state index contributed by atoms with van der Waals surface area (Å²) in [6.45, 7) is 8.46. The number of ether oxygens (including phenoxy) is 1. The van der Waals surface area contributed by atoms with Gasteiger partial charge < -0.3 is 14.2 Å². The quantitative estimate of drug-likeness (QED) is 0.733. The molecule has 0 radical (unpaired) electrons. The van der Waals surface area contributed by atoms with E-state index in [9.17, 15) is 4.79 Å². The van der Waals surface area contributed by atoms with Gasteiger partial charge in [-0.05, 0) is 57.0 Å². The minimum absolute atomic E-state index is 0.257. The number of anilines is 1. The molecule has 0 unspecified atom stereocenters. The number of ketones is 1. The Morgan fingerprint density at radius 1 is 1.07 bits per heavy atom. The summed E-state index contributed by atoms with van der Waals surface area (Å²) in [5.74, 6) is 1.14. The fourth-order valence-corrected chi connectivity index (χ4v) is 4.20. The van der Waals surface area contributed by atoms with E-state index in [1.807, 2.05) is 12.1 Å². The van der Waals surface area contributed by atoms with Gasteiger partial charge in [0.05, 0.1) is 13.7 Å². The van der Waals surface area contributed by atoms with Crippen LogP contribution in [0.2, 0.25) is 0 Å². The van der Waals surface area contributed by atoms with E-state index in [-0.39, 0.29) is 5.78 Å². The summed E-state index contributed by atoms with van der Waals surface area (Å²) in [5, 5.41) is 0. The third-order valence-corrected chi connectivity index (χ3v) is 5.87. The van der Waals surface area contributed by atoms with Gasteiger partial charge >= 0.3 is 0 Å². The van der Waals surface area contributed by atoms with Crippen molar-refractivity contribution in [2.75, 3.05) is 44.7 Å². The van der Waals surface area contributed by atoms with Crippen molar-refractivity contribution in [3.8, 4) is 5.75 Å². The maximum Gasteiger partial charge on any atom is 0.178 e. The van der Waals surface area contributed by atoms with Crippen LogP contribution in [0.4, 0.5) is 5.69 Å². The van der Waals surface area contributed by atoms with E-state index in [0.717, 1.165) is 43.2 Å². The molecule has 0 bridgehead atoms. The first-order valence-electron chi connectivity index (χ1n) is 9.90. The monoisotopic (exact) mass is 367 g/mol. The number of carbonyl (C=O) groups is 1. The van der Waals surface area contributed by atoms with Gasteiger partial charge in [0.1, 0.15) is 5.75 Å². The molecule has 0 amide bonds. The zero-order chi connectivity index (χ0) is 19.0. The smallest absolute Gasteiger partial charge is 0.178 e. The Balaban J connectivity index is 1.35. The van der Waals surface area contributed by atoms with Gasteiger partial charge in [-0.25, -0.2) is 0 Å². The summed E-state index contributed by atoms with van der Waals surface area (Å²) in [6, 6.07) is 10.9. The lowest BCUT2D eigenvalue weighted by Crippen LogP contribution is -2.48. The highest BCUT2D eigenvalue weighted by Gasteiger charge is 2.29. The lowest BCUT2D eigenvalue weighted by molar-refractivity contribution is 0.0925. The number of aromatic nitrogens is 1. The van der Waals surface area contributed by atoms with Gasteiger partial charge in [-0.1, -0.05) is 0 Å². The van der Waals surface area contributed by atoms with Crippen molar-refractivity contribution in [2.24, 2.45) is 0 Å². The fraction of sp³-hybridized carbons (Fsp3) is 0.500. The Morgan fingerprint density at radius 2 is 1.74 bits per heavy atom. The SMILES string of the molecule is COc1ccc(N2CCN(CC(=O)c3cc(C)n(C4CC4)c3C)CC2)cc1. The van der Waals surface area contributed by atoms with Crippen molar-refractivity contribution in [1.29, 1.82) is 0 Å². The number of hydrogen-bond donors (Lipinski definition) is 0. The average Bonchev–Trinajstić information content (AvgIpc) is 3.47. The average molecular weight is 367 g/mol. The highest BCUT2D eigenvalue weighted by Crippen LogP contribution is 2.38. The van der Waals surface area contributed by atoms with Crippen LogP contribution in [0.1, 0.15) is 40.6 Å². The number of rotatable bonds is 6. The van der Waals surface area contributed by atoms with Crippen molar-refractivity contribution >= 4 is 11.5 Å². The number of hydrogen-bond acceptors (Lipinski definition) is 4. The number of benzene rings is 1. The van der Waals surface area contributed by atoms with E-state index in [0.29, 0.717) is 12.6 Å². The Labute approximate surface area is 161 Å². The summed E-state index contributed by atoms with van der Waals surface area (Å²) in [7, 11) is 1.69. The number of aryl methyl sites for hydroxylation is 1. The zero-order valence-corrected chi connectivity index (χ0v) is 16.6. The molecular weight excluding hydrogens is 338 g/mol. The molecule has 1 aliphatic heterocycles. The molecule has 1 saturated heterocycles. The predicted octanol–water partition coefficient (Wildman–Crippen LogP) is 3.45. The number of Topliss-reactive ketones (excluding diaryl/α,β-unsaturated/α-hetero) is 1. The maximum absolute atomic E-state index is 12.9. The van der Waals surface area contributed by atoms with E-state index < -0.39 is 0 Å². The van der Waals surface area contributed by atoms with Gasteiger partial charge in [0.2, 0.25) is 0 Å². The van der Waals surface area contributed by atoms with Gasteiger partial charge in [-0.3, -0.25) is 9.69 Å². The molecule has 0 atom stereocenters. The summed E-state index contributed by atoms with van der Waals surface area (Å²) in [6.07, 6.45) is 2.49. The van der Waals surface area contributed by atoms with E-state index in [4.69, 9.17) is 4.74 Å². The molecule has 5 heteroatoms. The highest BCUT2D eigenvalue weighted by atomic mass is 16.5. The van der Waals surface area contributed by atoms with Crippen LogP contribution in [0.5, 0.6) is 5.75 Å². The summed E-state index contributed by atoms with van der Waals surface area (Å²) < 4.78 is 7.59. The van der Waals surface area contributed by atoms with Crippen LogP contribution < -0.4 is 9.64 Å². The van der Waals surface area contributed by atoms with Gasteiger partial charge in [0, 0.05) is 54.9 Å². The first kappa shape index (κ1) is 18.1. The molecule has 2 heterocycles. The van der Waals surface area contributed by atoms with Crippen LogP contribution in [0, 0.1) is 13.8 Å². The summed E-state index contributed by atoms with van der Waals surface area (Å²) in [5.41, 5.74) is 4.51. The molecule has 1 aromatic heterocycles. The van der Waals surface area contributed by atoms with Gasteiger partial charge in [0.25, 0.3) is 0 Å². The molecule has 2 aliphatic rings. The lowest BCUT2D eigenvalue weighted by atomic mass is 10.1.